The summed E-state index contributed by atoms with van der Waals surface area (Å²) >= 11 is 5.85. The van der Waals surface area contributed by atoms with E-state index >= 15 is 0 Å². The van der Waals surface area contributed by atoms with Gasteiger partial charge < -0.3 is 20.3 Å². The first-order valence-electron chi connectivity index (χ1n) is 8.36. The van der Waals surface area contributed by atoms with Crippen LogP contribution in [0.4, 0.5) is 16.2 Å². The summed E-state index contributed by atoms with van der Waals surface area (Å²) < 4.78 is 5.56. The Morgan fingerprint density at radius 3 is 2.60 bits per heavy atom. The second kappa shape index (κ2) is 8.23. The topological polar surface area (TPSA) is 53.6 Å². The van der Waals surface area contributed by atoms with Crippen molar-refractivity contribution in [2.45, 2.75) is 19.6 Å². The number of hydrogen-bond donors (Lipinski definition) is 2. The zero-order valence-electron chi connectivity index (χ0n) is 14.2. The molecule has 0 saturated carbocycles. The van der Waals surface area contributed by atoms with Gasteiger partial charge >= 0.3 is 6.03 Å². The van der Waals surface area contributed by atoms with E-state index < -0.39 is 0 Å². The number of anilines is 2. The minimum absolute atomic E-state index is 0.234. The van der Waals surface area contributed by atoms with Crippen LogP contribution in [0.5, 0.6) is 0 Å². The average molecular weight is 360 g/mol. The lowest BCUT2D eigenvalue weighted by Gasteiger charge is -2.33. The molecule has 5 nitrogen and oxygen atoms in total. The van der Waals surface area contributed by atoms with Crippen LogP contribution in [0.3, 0.4) is 0 Å². The van der Waals surface area contributed by atoms with Gasteiger partial charge in [0, 0.05) is 36.0 Å². The van der Waals surface area contributed by atoms with Crippen molar-refractivity contribution in [3.05, 3.63) is 59.1 Å². The zero-order valence-corrected chi connectivity index (χ0v) is 14.9. The Kier molecular flexibility index (Phi) is 5.79. The smallest absolute Gasteiger partial charge is 0.319 e. The van der Waals surface area contributed by atoms with Gasteiger partial charge in [0.25, 0.3) is 0 Å². The third-order valence-corrected chi connectivity index (χ3v) is 4.35. The molecule has 0 aromatic heterocycles. The van der Waals surface area contributed by atoms with Gasteiger partial charge in [0.05, 0.1) is 12.7 Å². The Labute approximate surface area is 152 Å². The van der Waals surface area contributed by atoms with E-state index in [1.807, 2.05) is 48.5 Å². The molecule has 1 saturated heterocycles. The molecule has 0 aliphatic carbocycles. The molecule has 1 atom stereocenters. The monoisotopic (exact) mass is 359 g/mol. The third-order valence-electron chi connectivity index (χ3n) is 4.10. The molecule has 2 amide bonds. The predicted octanol–water partition coefficient (Wildman–Crippen LogP) is 3.89. The van der Waals surface area contributed by atoms with Crippen molar-refractivity contribution in [3.63, 3.8) is 0 Å². The Bertz CT molecular complexity index is 704. The van der Waals surface area contributed by atoms with Gasteiger partial charge in [-0.2, -0.15) is 0 Å². The zero-order chi connectivity index (χ0) is 17.6. The summed E-state index contributed by atoms with van der Waals surface area (Å²) in [4.78, 5) is 14.3. The van der Waals surface area contributed by atoms with Crippen LogP contribution in [0.1, 0.15) is 12.5 Å². The van der Waals surface area contributed by atoms with Crippen LogP contribution in [-0.4, -0.2) is 31.8 Å². The molecular formula is C19H22ClN3O2. The van der Waals surface area contributed by atoms with Crippen molar-refractivity contribution in [1.82, 2.24) is 5.32 Å². The van der Waals surface area contributed by atoms with Crippen LogP contribution in [0.25, 0.3) is 0 Å². The molecule has 0 spiro atoms. The van der Waals surface area contributed by atoms with Crippen molar-refractivity contribution in [2.24, 2.45) is 0 Å². The van der Waals surface area contributed by atoms with E-state index in [9.17, 15) is 4.79 Å². The van der Waals surface area contributed by atoms with E-state index in [0.717, 1.165) is 36.6 Å². The Morgan fingerprint density at radius 2 is 1.92 bits per heavy atom. The predicted molar refractivity (Wildman–Crippen MR) is 101 cm³/mol. The molecule has 1 aliphatic rings. The Hall–Kier alpha value is -2.24. The summed E-state index contributed by atoms with van der Waals surface area (Å²) in [5.74, 6) is 0. The number of carbonyl (C=O) groups is 1. The fourth-order valence-corrected chi connectivity index (χ4v) is 2.89. The van der Waals surface area contributed by atoms with Crippen molar-refractivity contribution >= 4 is 29.0 Å². The van der Waals surface area contributed by atoms with Gasteiger partial charge in [-0.1, -0.05) is 23.7 Å². The molecule has 1 aliphatic heterocycles. The first-order chi connectivity index (χ1) is 12.1. The number of ether oxygens (including phenoxy) is 1. The van der Waals surface area contributed by atoms with Crippen molar-refractivity contribution in [1.29, 1.82) is 0 Å². The SMILES string of the molecule is CC1CN(c2ccc(NC(=O)NCc3ccc(Cl)cc3)cc2)CCO1. The molecule has 25 heavy (non-hydrogen) atoms. The largest absolute Gasteiger partial charge is 0.375 e. The number of halogens is 1. The summed E-state index contributed by atoms with van der Waals surface area (Å²) in [5, 5.41) is 6.36. The molecular weight excluding hydrogens is 338 g/mol. The van der Waals surface area contributed by atoms with Crippen molar-refractivity contribution in [2.75, 3.05) is 29.9 Å². The lowest BCUT2D eigenvalue weighted by atomic mass is 10.2. The number of carbonyl (C=O) groups excluding carboxylic acids is 1. The number of benzene rings is 2. The minimum atomic E-state index is -0.234. The first kappa shape index (κ1) is 17.6. The molecule has 1 unspecified atom stereocenters. The highest BCUT2D eigenvalue weighted by Gasteiger charge is 2.16. The summed E-state index contributed by atoms with van der Waals surface area (Å²) in [5.41, 5.74) is 2.90. The lowest BCUT2D eigenvalue weighted by molar-refractivity contribution is 0.0532. The number of rotatable bonds is 4. The van der Waals surface area contributed by atoms with E-state index in [0.29, 0.717) is 11.6 Å². The van der Waals surface area contributed by atoms with Crippen molar-refractivity contribution in [3.8, 4) is 0 Å². The highest BCUT2D eigenvalue weighted by Crippen LogP contribution is 2.20. The second-order valence-corrected chi connectivity index (χ2v) is 6.54. The van der Waals surface area contributed by atoms with Crippen LogP contribution < -0.4 is 15.5 Å². The summed E-state index contributed by atoms with van der Waals surface area (Å²) in [6.45, 7) is 5.04. The molecule has 1 heterocycles. The molecule has 2 N–H and O–H groups in total. The third kappa shape index (κ3) is 5.11. The molecule has 1 fully saturated rings. The van der Waals surface area contributed by atoms with E-state index in [4.69, 9.17) is 16.3 Å². The van der Waals surface area contributed by atoms with Crippen molar-refractivity contribution < 1.29 is 9.53 Å². The van der Waals surface area contributed by atoms with Crippen LogP contribution in [0.2, 0.25) is 5.02 Å². The number of amides is 2. The fraction of sp³-hybridized carbons (Fsp3) is 0.316. The second-order valence-electron chi connectivity index (χ2n) is 6.11. The number of urea groups is 1. The van der Waals surface area contributed by atoms with E-state index in [1.165, 1.54) is 0 Å². The number of morpholine rings is 1. The average Bonchev–Trinajstić information content (AvgIpc) is 2.62. The maximum absolute atomic E-state index is 12.0. The standard InChI is InChI=1S/C19H22ClN3O2/c1-14-13-23(10-11-25-14)18-8-6-17(7-9-18)22-19(24)21-12-15-2-4-16(20)5-3-15/h2-9,14H,10-13H2,1H3,(H2,21,22,24). The van der Waals surface area contributed by atoms with Crippen LogP contribution in [0, 0.1) is 0 Å². The quantitative estimate of drug-likeness (QED) is 0.870. The van der Waals surface area contributed by atoms with Crippen LogP contribution >= 0.6 is 11.6 Å². The summed E-state index contributed by atoms with van der Waals surface area (Å²) in [7, 11) is 0. The van der Waals surface area contributed by atoms with E-state index in [2.05, 4.69) is 22.5 Å². The van der Waals surface area contributed by atoms with Gasteiger partial charge in [-0.15, -0.1) is 0 Å². The highest BCUT2D eigenvalue weighted by molar-refractivity contribution is 6.30. The van der Waals surface area contributed by atoms with Gasteiger partial charge in [-0.05, 0) is 48.9 Å². The maximum Gasteiger partial charge on any atom is 0.319 e. The van der Waals surface area contributed by atoms with E-state index in [1.54, 1.807) is 0 Å². The van der Waals surface area contributed by atoms with Gasteiger partial charge in [0.2, 0.25) is 0 Å². The normalized spacial score (nSPS) is 17.2. The Morgan fingerprint density at radius 1 is 1.20 bits per heavy atom. The van der Waals surface area contributed by atoms with Gasteiger partial charge in [0.1, 0.15) is 0 Å². The molecule has 2 aromatic rings. The van der Waals surface area contributed by atoms with Gasteiger partial charge in [-0.3, -0.25) is 0 Å². The highest BCUT2D eigenvalue weighted by atomic mass is 35.5. The number of nitrogens with zero attached hydrogens (tertiary/aromatic N) is 1. The van der Waals surface area contributed by atoms with Gasteiger partial charge in [-0.25, -0.2) is 4.79 Å². The summed E-state index contributed by atoms with van der Waals surface area (Å²) in [6, 6.07) is 15.0. The first-order valence-corrected chi connectivity index (χ1v) is 8.74. The molecule has 0 radical (unpaired) electrons. The maximum atomic E-state index is 12.0. The Balaban J connectivity index is 1.50. The van der Waals surface area contributed by atoms with E-state index in [-0.39, 0.29) is 12.1 Å². The molecule has 2 aromatic carbocycles. The number of hydrogen-bond acceptors (Lipinski definition) is 3. The summed E-state index contributed by atoms with van der Waals surface area (Å²) in [6.07, 6.45) is 0.241. The fourth-order valence-electron chi connectivity index (χ4n) is 2.77. The molecule has 6 heteroatoms. The molecule has 3 rings (SSSR count). The number of nitrogens with one attached hydrogen (secondary N) is 2. The minimum Gasteiger partial charge on any atom is -0.375 e. The van der Waals surface area contributed by atoms with Gasteiger partial charge in [0.15, 0.2) is 0 Å². The molecule has 132 valence electrons. The molecule has 0 bridgehead atoms. The van der Waals surface area contributed by atoms with Crippen LogP contribution in [0.15, 0.2) is 48.5 Å². The van der Waals surface area contributed by atoms with Crippen LogP contribution in [-0.2, 0) is 11.3 Å². The lowest BCUT2D eigenvalue weighted by Crippen LogP contribution is -2.41.